The van der Waals surface area contributed by atoms with Gasteiger partial charge in [-0.2, -0.15) is 0 Å². The van der Waals surface area contributed by atoms with Gasteiger partial charge in [-0.05, 0) is 25.7 Å². The Labute approximate surface area is 120 Å². The molecule has 2 rings (SSSR count). The Balaban J connectivity index is 1.89. The van der Waals surface area contributed by atoms with E-state index in [1.54, 1.807) is 0 Å². The summed E-state index contributed by atoms with van der Waals surface area (Å²) in [4.78, 5) is 11.8. The van der Waals surface area contributed by atoms with Crippen molar-refractivity contribution in [3.8, 4) is 0 Å². The number of ether oxygens (including phenoxy) is 1. The number of hydrogen-bond donors (Lipinski definition) is 2. The standard InChI is InChI=1S/C16H26O4/c1-2-3-4-5-6-13(18)15-10-7-11-12(17)8-9-14(19)16(11)20-15/h13-15,18-19H,2-10H2,1H3/t13-,14-,15+/m0/s1. The number of Topliss-reactive ketones (excluding diaryl/α,β-unsaturated/α-hetero) is 1. The monoisotopic (exact) mass is 282 g/mol. The van der Waals surface area contributed by atoms with Crippen molar-refractivity contribution in [2.75, 3.05) is 0 Å². The Morgan fingerprint density at radius 3 is 2.80 bits per heavy atom. The smallest absolute Gasteiger partial charge is 0.162 e. The second-order valence-electron chi connectivity index (χ2n) is 5.93. The zero-order chi connectivity index (χ0) is 14.5. The van der Waals surface area contributed by atoms with Crippen molar-refractivity contribution in [1.29, 1.82) is 0 Å². The third-order valence-electron chi connectivity index (χ3n) is 4.32. The van der Waals surface area contributed by atoms with Gasteiger partial charge in [0.1, 0.15) is 18.0 Å². The van der Waals surface area contributed by atoms with Crippen LogP contribution in [0.25, 0.3) is 0 Å². The van der Waals surface area contributed by atoms with Crippen LogP contribution in [-0.2, 0) is 9.53 Å². The molecule has 0 spiro atoms. The predicted molar refractivity (Wildman–Crippen MR) is 76.1 cm³/mol. The lowest BCUT2D eigenvalue weighted by atomic mass is 9.87. The average molecular weight is 282 g/mol. The molecule has 0 radical (unpaired) electrons. The van der Waals surface area contributed by atoms with E-state index in [2.05, 4.69) is 6.92 Å². The number of unbranched alkanes of at least 4 members (excludes halogenated alkanes) is 3. The maximum Gasteiger partial charge on any atom is 0.162 e. The number of carbonyl (C=O) groups excluding carboxylic acids is 1. The Morgan fingerprint density at radius 2 is 2.05 bits per heavy atom. The van der Waals surface area contributed by atoms with Crippen LogP contribution in [-0.4, -0.2) is 34.3 Å². The summed E-state index contributed by atoms with van der Waals surface area (Å²) in [6.45, 7) is 2.16. The minimum absolute atomic E-state index is 0.0983. The molecule has 3 atom stereocenters. The number of carbonyl (C=O) groups is 1. The van der Waals surface area contributed by atoms with E-state index >= 15 is 0 Å². The van der Waals surface area contributed by atoms with E-state index in [9.17, 15) is 15.0 Å². The summed E-state index contributed by atoms with van der Waals surface area (Å²) in [7, 11) is 0. The van der Waals surface area contributed by atoms with Gasteiger partial charge in [0.15, 0.2) is 5.78 Å². The number of aliphatic hydroxyl groups is 2. The molecule has 0 aromatic rings. The minimum Gasteiger partial charge on any atom is -0.489 e. The molecular weight excluding hydrogens is 256 g/mol. The number of ketones is 1. The molecule has 1 heterocycles. The lowest BCUT2D eigenvalue weighted by Gasteiger charge is -2.35. The zero-order valence-electron chi connectivity index (χ0n) is 12.3. The second-order valence-corrected chi connectivity index (χ2v) is 5.93. The summed E-state index contributed by atoms with van der Waals surface area (Å²) in [5.41, 5.74) is 0.651. The largest absolute Gasteiger partial charge is 0.489 e. The minimum atomic E-state index is -0.669. The van der Waals surface area contributed by atoms with Crippen LogP contribution in [0.3, 0.4) is 0 Å². The van der Waals surface area contributed by atoms with Crippen molar-refractivity contribution < 1.29 is 19.7 Å². The van der Waals surface area contributed by atoms with E-state index < -0.39 is 12.2 Å². The topological polar surface area (TPSA) is 66.8 Å². The van der Waals surface area contributed by atoms with E-state index in [-0.39, 0.29) is 11.9 Å². The van der Waals surface area contributed by atoms with E-state index in [0.29, 0.717) is 37.0 Å². The van der Waals surface area contributed by atoms with Gasteiger partial charge < -0.3 is 14.9 Å². The van der Waals surface area contributed by atoms with Gasteiger partial charge in [0, 0.05) is 12.0 Å². The third-order valence-corrected chi connectivity index (χ3v) is 4.32. The molecular formula is C16H26O4. The summed E-state index contributed by atoms with van der Waals surface area (Å²) >= 11 is 0. The van der Waals surface area contributed by atoms with Gasteiger partial charge in [-0.1, -0.05) is 32.6 Å². The van der Waals surface area contributed by atoms with Gasteiger partial charge in [-0.25, -0.2) is 0 Å². The van der Waals surface area contributed by atoms with Crippen molar-refractivity contribution in [1.82, 2.24) is 0 Å². The summed E-state index contributed by atoms with van der Waals surface area (Å²) < 4.78 is 5.75. The first-order valence-corrected chi connectivity index (χ1v) is 7.92. The van der Waals surface area contributed by atoms with Crippen LogP contribution >= 0.6 is 0 Å². The van der Waals surface area contributed by atoms with Gasteiger partial charge in [-0.3, -0.25) is 4.79 Å². The number of aliphatic hydroxyl groups excluding tert-OH is 2. The summed E-state index contributed by atoms with van der Waals surface area (Å²) in [5.74, 6) is 0.534. The first-order valence-electron chi connectivity index (χ1n) is 7.92. The molecule has 0 aromatic heterocycles. The van der Waals surface area contributed by atoms with Crippen molar-refractivity contribution in [3.63, 3.8) is 0 Å². The molecule has 114 valence electrons. The van der Waals surface area contributed by atoms with Crippen molar-refractivity contribution in [2.24, 2.45) is 0 Å². The molecule has 0 bridgehead atoms. The van der Waals surface area contributed by atoms with E-state index in [4.69, 9.17) is 4.74 Å². The predicted octanol–water partition coefficient (Wildman–Crippen LogP) is 2.47. The lowest BCUT2D eigenvalue weighted by Crippen LogP contribution is -2.37. The molecule has 20 heavy (non-hydrogen) atoms. The highest BCUT2D eigenvalue weighted by Gasteiger charge is 2.36. The van der Waals surface area contributed by atoms with E-state index in [0.717, 1.165) is 19.3 Å². The molecule has 0 aromatic carbocycles. The molecule has 0 amide bonds. The molecule has 1 aliphatic heterocycles. The van der Waals surface area contributed by atoms with Crippen LogP contribution in [0.15, 0.2) is 11.3 Å². The van der Waals surface area contributed by atoms with Gasteiger partial charge in [0.2, 0.25) is 0 Å². The molecule has 4 nitrogen and oxygen atoms in total. The second kappa shape index (κ2) is 7.23. The van der Waals surface area contributed by atoms with Crippen LogP contribution in [0.4, 0.5) is 0 Å². The van der Waals surface area contributed by atoms with Crippen LogP contribution < -0.4 is 0 Å². The highest BCUT2D eigenvalue weighted by Crippen LogP contribution is 2.34. The highest BCUT2D eigenvalue weighted by molar-refractivity contribution is 5.97. The summed E-state index contributed by atoms with van der Waals surface area (Å²) in [5, 5.41) is 20.2. The Kier molecular flexibility index (Phi) is 5.61. The summed E-state index contributed by atoms with van der Waals surface area (Å²) in [6, 6.07) is 0. The molecule has 0 fully saturated rings. The first kappa shape index (κ1) is 15.5. The molecule has 0 unspecified atom stereocenters. The van der Waals surface area contributed by atoms with Crippen molar-refractivity contribution >= 4 is 5.78 Å². The van der Waals surface area contributed by atoms with Crippen LogP contribution in [0.2, 0.25) is 0 Å². The Morgan fingerprint density at radius 1 is 1.25 bits per heavy atom. The normalized spacial score (nSPS) is 28.1. The molecule has 2 aliphatic rings. The molecule has 2 N–H and O–H groups in total. The fraction of sp³-hybridized carbons (Fsp3) is 0.812. The number of hydrogen-bond acceptors (Lipinski definition) is 4. The number of rotatable bonds is 6. The third kappa shape index (κ3) is 3.61. The highest BCUT2D eigenvalue weighted by atomic mass is 16.5. The zero-order valence-corrected chi connectivity index (χ0v) is 12.3. The molecule has 0 saturated heterocycles. The molecule has 1 aliphatic carbocycles. The quantitative estimate of drug-likeness (QED) is 0.734. The van der Waals surface area contributed by atoms with Gasteiger partial charge >= 0.3 is 0 Å². The lowest BCUT2D eigenvalue weighted by molar-refractivity contribution is -0.120. The summed E-state index contributed by atoms with van der Waals surface area (Å²) in [6.07, 6.45) is 5.97. The van der Waals surface area contributed by atoms with Crippen LogP contribution in [0.5, 0.6) is 0 Å². The van der Waals surface area contributed by atoms with E-state index in [1.807, 2.05) is 0 Å². The van der Waals surface area contributed by atoms with Gasteiger partial charge in [-0.15, -0.1) is 0 Å². The Hall–Kier alpha value is -0.870. The first-order chi connectivity index (χ1) is 9.63. The fourth-order valence-electron chi connectivity index (χ4n) is 3.05. The van der Waals surface area contributed by atoms with Crippen molar-refractivity contribution in [3.05, 3.63) is 11.3 Å². The number of allylic oxidation sites excluding steroid dienone is 1. The average Bonchev–Trinajstić information content (AvgIpc) is 2.47. The van der Waals surface area contributed by atoms with Crippen molar-refractivity contribution in [2.45, 2.75) is 83.0 Å². The van der Waals surface area contributed by atoms with Gasteiger partial charge in [0.25, 0.3) is 0 Å². The maximum absolute atomic E-state index is 11.8. The Bertz CT molecular complexity index is 375. The van der Waals surface area contributed by atoms with Crippen LogP contribution in [0.1, 0.15) is 64.7 Å². The fourth-order valence-corrected chi connectivity index (χ4v) is 3.05. The molecule has 0 saturated carbocycles. The molecule has 4 heteroatoms. The van der Waals surface area contributed by atoms with E-state index in [1.165, 1.54) is 12.8 Å². The SMILES string of the molecule is CCCCCC[C@H](O)[C@H]1CCC2=C(O1)[C@@H](O)CCC2=O. The van der Waals surface area contributed by atoms with Crippen LogP contribution in [0, 0.1) is 0 Å². The van der Waals surface area contributed by atoms with Gasteiger partial charge in [0.05, 0.1) is 6.10 Å². The maximum atomic E-state index is 11.8.